The lowest BCUT2D eigenvalue weighted by Gasteiger charge is -2.34. The molecule has 0 N–H and O–H groups in total. The van der Waals surface area contributed by atoms with Crippen molar-refractivity contribution in [3.63, 3.8) is 0 Å². The quantitative estimate of drug-likeness (QED) is 0.794. The number of hydrogen-bond acceptors (Lipinski definition) is 2. The molecule has 0 spiro atoms. The highest BCUT2D eigenvalue weighted by molar-refractivity contribution is 6.36. The fourth-order valence-corrected chi connectivity index (χ4v) is 3.25. The molecule has 0 saturated carbocycles. The summed E-state index contributed by atoms with van der Waals surface area (Å²) >= 11 is 11.9. The number of rotatable bonds is 1. The molecule has 2 bridgehead atoms. The van der Waals surface area contributed by atoms with Crippen molar-refractivity contribution in [1.82, 2.24) is 4.90 Å². The summed E-state index contributed by atoms with van der Waals surface area (Å²) in [6, 6.07) is 5.40. The van der Waals surface area contributed by atoms with Gasteiger partial charge in [0.2, 0.25) is 0 Å². The van der Waals surface area contributed by atoms with Gasteiger partial charge in [-0.25, -0.2) is 0 Å². The Morgan fingerprint density at radius 3 is 2.50 bits per heavy atom. The molecular formula is C13H13Cl2NO2. The van der Waals surface area contributed by atoms with Gasteiger partial charge in [-0.15, -0.1) is 0 Å². The second-order valence-corrected chi connectivity index (χ2v) is 5.60. The molecule has 2 saturated heterocycles. The molecule has 2 aliphatic heterocycles. The molecule has 18 heavy (non-hydrogen) atoms. The standard InChI is InChI=1S/C13H13Cl2NO2/c14-8-1-4-11(12(15)5-8)13(17)16-9-2-3-10(16)7-18-6-9/h1,4-5,9-10H,2-3,6-7H2/t9-,10+. The van der Waals surface area contributed by atoms with Crippen molar-refractivity contribution in [3.8, 4) is 0 Å². The van der Waals surface area contributed by atoms with Gasteiger partial charge in [0.15, 0.2) is 0 Å². The van der Waals surface area contributed by atoms with E-state index in [0.717, 1.165) is 12.8 Å². The highest BCUT2D eigenvalue weighted by Gasteiger charge is 2.40. The number of benzene rings is 1. The van der Waals surface area contributed by atoms with E-state index in [0.29, 0.717) is 28.8 Å². The van der Waals surface area contributed by atoms with Crippen LogP contribution in [-0.4, -0.2) is 36.1 Å². The first-order valence-electron chi connectivity index (χ1n) is 6.02. The molecule has 2 aliphatic rings. The van der Waals surface area contributed by atoms with Gasteiger partial charge in [-0.2, -0.15) is 0 Å². The first-order valence-corrected chi connectivity index (χ1v) is 6.78. The molecule has 2 fully saturated rings. The van der Waals surface area contributed by atoms with Crippen LogP contribution < -0.4 is 0 Å². The second-order valence-electron chi connectivity index (χ2n) is 4.76. The maximum Gasteiger partial charge on any atom is 0.256 e. The molecular weight excluding hydrogens is 273 g/mol. The summed E-state index contributed by atoms with van der Waals surface area (Å²) in [5.74, 6) is -0.00698. The van der Waals surface area contributed by atoms with Crippen LogP contribution in [0.2, 0.25) is 10.0 Å². The number of morpholine rings is 1. The molecule has 1 aromatic rings. The van der Waals surface area contributed by atoms with E-state index >= 15 is 0 Å². The van der Waals surface area contributed by atoms with Crippen LogP contribution in [0, 0.1) is 0 Å². The number of ether oxygens (including phenoxy) is 1. The Morgan fingerprint density at radius 2 is 1.89 bits per heavy atom. The van der Waals surface area contributed by atoms with E-state index in [9.17, 15) is 4.79 Å². The SMILES string of the molecule is O=C(c1ccc(Cl)cc1Cl)N1[C@@H]2CC[C@H]1COC2. The van der Waals surface area contributed by atoms with Crippen molar-refractivity contribution in [3.05, 3.63) is 33.8 Å². The molecule has 0 aliphatic carbocycles. The van der Waals surface area contributed by atoms with Gasteiger partial charge in [0.1, 0.15) is 0 Å². The first-order chi connectivity index (χ1) is 8.66. The molecule has 3 rings (SSSR count). The molecule has 0 aromatic heterocycles. The van der Waals surface area contributed by atoms with E-state index in [2.05, 4.69) is 0 Å². The number of carbonyl (C=O) groups excluding carboxylic acids is 1. The van der Waals surface area contributed by atoms with Gasteiger partial charge in [-0.05, 0) is 31.0 Å². The van der Waals surface area contributed by atoms with Gasteiger partial charge in [0.05, 0.1) is 35.9 Å². The maximum absolute atomic E-state index is 12.5. The highest BCUT2D eigenvalue weighted by atomic mass is 35.5. The third-order valence-electron chi connectivity index (χ3n) is 3.64. The molecule has 0 radical (unpaired) electrons. The Labute approximate surface area is 116 Å². The van der Waals surface area contributed by atoms with Crippen molar-refractivity contribution in [2.45, 2.75) is 24.9 Å². The van der Waals surface area contributed by atoms with E-state index in [-0.39, 0.29) is 18.0 Å². The van der Waals surface area contributed by atoms with Crippen LogP contribution >= 0.6 is 23.2 Å². The van der Waals surface area contributed by atoms with Crippen molar-refractivity contribution in [1.29, 1.82) is 0 Å². The maximum atomic E-state index is 12.5. The van der Waals surface area contributed by atoms with Crippen LogP contribution in [0.25, 0.3) is 0 Å². The van der Waals surface area contributed by atoms with Gasteiger partial charge < -0.3 is 9.64 Å². The Hall–Kier alpha value is -0.770. The minimum atomic E-state index is -0.00698. The third-order valence-corrected chi connectivity index (χ3v) is 4.18. The van der Waals surface area contributed by atoms with Crippen molar-refractivity contribution < 1.29 is 9.53 Å². The molecule has 1 amide bonds. The summed E-state index contributed by atoms with van der Waals surface area (Å²) in [5.41, 5.74) is 0.528. The van der Waals surface area contributed by atoms with Crippen LogP contribution in [0.15, 0.2) is 18.2 Å². The van der Waals surface area contributed by atoms with Crippen molar-refractivity contribution in [2.75, 3.05) is 13.2 Å². The predicted molar refractivity (Wildman–Crippen MR) is 70.3 cm³/mol. The lowest BCUT2D eigenvalue weighted by Crippen LogP contribution is -2.49. The zero-order valence-electron chi connectivity index (χ0n) is 9.73. The number of halogens is 2. The third kappa shape index (κ3) is 2.00. The summed E-state index contributed by atoms with van der Waals surface area (Å²) in [7, 11) is 0. The second kappa shape index (κ2) is 4.72. The highest BCUT2D eigenvalue weighted by Crippen LogP contribution is 2.32. The van der Waals surface area contributed by atoms with Crippen LogP contribution in [-0.2, 0) is 4.74 Å². The summed E-state index contributed by atoms with van der Waals surface area (Å²) in [6.07, 6.45) is 2.03. The van der Waals surface area contributed by atoms with Crippen molar-refractivity contribution in [2.24, 2.45) is 0 Å². The summed E-state index contributed by atoms with van der Waals surface area (Å²) in [6.45, 7) is 1.26. The van der Waals surface area contributed by atoms with E-state index < -0.39 is 0 Å². The Balaban J connectivity index is 1.90. The molecule has 5 heteroatoms. The van der Waals surface area contributed by atoms with Gasteiger partial charge in [0, 0.05) is 5.02 Å². The van der Waals surface area contributed by atoms with E-state index in [1.54, 1.807) is 18.2 Å². The Morgan fingerprint density at radius 1 is 1.22 bits per heavy atom. The van der Waals surface area contributed by atoms with E-state index in [1.165, 1.54) is 0 Å². The van der Waals surface area contributed by atoms with Gasteiger partial charge in [-0.1, -0.05) is 23.2 Å². The summed E-state index contributed by atoms with van der Waals surface area (Å²) in [5, 5.41) is 0.958. The van der Waals surface area contributed by atoms with E-state index in [4.69, 9.17) is 27.9 Å². The van der Waals surface area contributed by atoms with Crippen molar-refractivity contribution >= 4 is 29.1 Å². The van der Waals surface area contributed by atoms with Gasteiger partial charge in [0.25, 0.3) is 5.91 Å². The Bertz CT molecular complexity index is 476. The molecule has 96 valence electrons. The van der Waals surface area contributed by atoms with Crippen LogP contribution in [0.5, 0.6) is 0 Å². The minimum absolute atomic E-state index is 0.00698. The normalized spacial score (nSPS) is 26.4. The first kappa shape index (κ1) is 12.3. The Kier molecular flexibility index (Phi) is 3.22. The fourth-order valence-electron chi connectivity index (χ4n) is 2.76. The number of hydrogen-bond donors (Lipinski definition) is 0. The van der Waals surface area contributed by atoms with Crippen LogP contribution in [0.1, 0.15) is 23.2 Å². The zero-order chi connectivity index (χ0) is 12.7. The zero-order valence-corrected chi connectivity index (χ0v) is 11.2. The fraction of sp³-hybridized carbons (Fsp3) is 0.462. The molecule has 2 heterocycles. The minimum Gasteiger partial charge on any atom is -0.377 e. The van der Waals surface area contributed by atoms with Crippen LogP contribution in [0.3, 0.4) is 0 Å². The number of carbonyl (C=O) groups is 1. The molecule has 1 aromatic carbocycles. The number of amides is 1. The molecule has 2 atom stereocenters. The van der Waals surface area contributed by atoms with E-state index in [1.807, 2.05) is 4.90 Å². The average molecular weight is 286 g/mol. The van der Waals surface area contributed by atoms with Crippen LogP contribution in [0.4, 0.5) is 0 Å². The lowest BCUT2D eigenvalue weighted by atomic mass is 10.1. The summed E-state index contributed by atoms with van der Waals surface area (Å²) < 4.78 is 5.47. The topological polar surface area (TPSA) is 29.5 Å². The molecule has 3 nitrogen and oxygen atoms in total. The lowest BCUT2D eigenvalue weighted by molar-refractivity contribution is -0.00714. The van der Waals surface area contributed by atoms with Gasteiger partial charge in [-0.3, -0.25) is 4.79 Å². The largest absolute Gasteiger partial charge is 0.377 e. The monoisotopic (exact) mass is 285 g/mol. The number of nitrogens with zero attached hydrogens (tertiary/aromatic N) is 1. The van der Waals surface area contributed by atoms with Gasteiger partial charge >= 0.3 is 0 Å². The smallest absolute Gasteiger partial charge is 0.256 e. The predicted octanol–water partition coefficient (Wildman–Crippen LogP) is 3.00. The summed E-state index contributed by atoms with van der Waals surface area (Å²) in [4.78, 5) is 14.5. The molecule has 0 unspecified atom stereocenters. The number of fused-ring (bicyclic) bond motifs is 2. The average Bonchev–Trinajstić information content (AvgIpc) is 2.58.